The van der Waals surface area contributed by atoms with E-state index in [2.05, 4.69) is 12.2 Å². The van der Waals surface area contributed by atoms with Gasteiger partial charge in [0.05, 0.1) is 12.7 Å². The molecule has 0 bridgehead atoms. The normalized spacial score (nSPS) is 29.5. The van der Waals surface area contributed by atoms with E-state index < -0.39 is 61.0 Å². The number of Topliss-reactive ketones (excluding diaryl/α,β-unsaturated/α-hetero) is 1. The molecule has 0 spiro atoms. The summed E-state index contributed by atoms with van der Waals surface area (Å²) in [5, 5.41) is 52.9. The minimum absolute atomic E-state index is 0.372. The average Bonchev–Trinajstić information content (AvgIpc) is 2.72. The molecule has 1 saturated heterocycles. The number of aliphatic hydroxyl groups excluding tert-OH is 4. The Hall–Kier alpha value is -1.10. The predicted molar refractivity (Wildman–Crippen MR) is 114 cm³/mol. The van der Waals surface area contributed by atoms with Crippen LogP contribution >= 0.6 is 0 Å². The fourth-order valence-electron chi connectivity index (χ4n) is 3.96. The molecule has 1 unspecified atom stereocenters. The van der Waals surface area contributed by atoms with Crippen LogP contribution in [0.1, 0.15) is 84.5 Å². The van der Waals surface area contributed by atoms with Gasteiger partial charge in [-0.2, -0.15) is 0 Å². The third kappa shape index (κ3) is 8.75. The molecule has 0 saturated carbocycles. The lowest BCUT2D eigenvalue weighted by Gasteiger charge is -2.46. The highest BCUT2D eigenvalue weighted by Gasteiger charge is 2.57. The maximum atomic E-state index is 12.7. The van der Waals surface area contributed by atoms with Crippen molar-refractivity contribution in [1.82, 2.24) is 5.32 Å². The van der Waals surface area contributed by atoms with E-state index in [0.717, 1.165) is 32.6 Å². The zero-order chi connectivity index (χ0) is 23.4. The third-order valence-electron chi connectivity index (χ3n) is 5.83. The summed E-state index contributed by atoms with van der Waals surface area (Å²) in [4.78, 5) is 24.2. The van der Waals surface area contributed by atoms with E-state index in [0.29, 0.717) is 6.42 Å². The van der Waals surface area contributed by atoms with Gasteiger partial charge in [0.15, 0.2) is 5.78 Å². The number of aliphatic hydroxyl groups is 5. The molecule has 1 heterocycles. The summed E-state index contributed by atoms with van der Waals surface area (Å²) >= 11 is 0. The smallest absolute Gasteiger partial charge is 0.250 e. The molecule has 1 aliphatic heterocycles. The van der Waals surface area contributed by atoms with Crippen molar-refractivity contribution in [2.45, 2.75) is 121 Å². The molecule has 6 atom stereocenters. The van der Waals surface area contributed by atoms with Gasteiger partial charge in [0, 0.05) is 13.3 Å². The van der Waals surface area contributed by atoms with Gasteiger partial charge < -0.3 is 35.6 Å². The molecule has 0 aromatic carbocycles. The third-order valence-corrected chi connectivity index (χ3v) is 5.83. The summed E-state index contributed by atoms with van der Waals surface area (Å²) in [5.74, 6) is -4.25. The lowest BCUT2D eigenvalue weighted by Crippen LogP contribution is -2.72. The lowest BCUT2D eigenvalue weighted by molar-refractivity contribution is -0.302. The van der Waals surface area contributed by atoms with Crippen molar-refractivity contribution in [2.75, 3.05) is 6.61 Å². The number of amides is 1. The maximum Gasteiger partial charge on any atom is 0.250 e. The zero-order valence-corrected chi connectivity index (χ0v) is 18.8. The molecule has 1 aliphatic rings. The summed E-state index contributed by atoms with van der Waals surface area (Å²) in [6, 6.07) is -1.63. The van der Waals surface area contributed by atoms with Gasteiger partial charge in [0.25, 0.3) is 5.79 Å². The van der Waals surface area contributed by atoms with Crippen molar-refractivity contribution >= 4 is 11.7 Å². The molecule has 9 nitrogen and oxygen atoms in total. The topological polar surface area (TPSA) is 157 Å². The predicted octanol–water partition coefficient (Wildman–Crippen LogP) is 0.534. The number of carbonyl (C=O) groups is 2. The summed E-state index contributed by atoms with van der Waals surface area (Å²) in [5.41, 5.74) is 0. The first kappa shape index (κ1) is 27.9. The van der Waals surface area contributed by atoms with Crippen molar-refractivity contribution in [3.05, 3.63) is 0 Å². The summed E-state index contributed by atoms with van der Waals surface area (Å²) in [7, 11) is 0. The molecule has 182 valence electrons. The molecule has 1 rings (SSSR count). The van der Waals surface area contributed by atoms with Crippen molar-refractivity contribution < 1.29 is 39.9 Å². The quantitative estimate of drug-likeness (QED) is 0.199. The van der Waals surface area contributed by atoms with Gasteiger partial charge in [-0.3, -0.25) is 9.59 Å². The Morgan fingerprint density at radius 2 is 1.55 bits per heavy atom. The standard InChI is InChI=1S/C22H41NO8/c1-3-4-5-6-7-8-9-10-11-12-16(26)13-18(27)22(30)21(23-15(2)25)20(29)19(28)17(14-24)31-22/h16-17,19-21,24,26,28-30H,3-14H2,1-2H3,(H,23,25)/t16-,17-,19-,20+,21-,22?/m1/s1. The Bertz CT molecular complexity index is 546. The molecule has 0 aromatic rings. The second-order valence-corrected chi connectivity index (χ2v) is 8.59. The first-order valence-corrected chi connectivity index (χ1v) is 11.5. The molecular weight excluding hydrogens is 406 g/mol. The van der Waals surface area contributed by atoms with Crippen LogP contribution in [0.15, 0.2) is 0 Å². The van der Waals surface area contributed by atoms with E-state index in [1.165, 1.54) is 32.1 Å². The monoisotopic (exact) mass is 447 g/mol. The van der Waals surface area contributed by atoms with Crippen molar-refractivity contribution in [1.29, 1.82) is 0 Å². The SMILES string of the molecule is CCCCCCCCCCC[C@@H](O)CC(=O)C1(O)O[C@H](CO)[C@@H](O)[C@H](O)[C@H]1NC(C)=O. The molecule has 0 aliphatic carbocycles. The van der Waals surface area contributed by atoms with E-state index in [4.69, 9.17) is 4.74 Å². The van der Waals surface area contributed by atoms with Crippen molar-refractivity contribution in [2.24, 2.45) is 0 Å². The van der Waals surface area contributed by atoms with Crippen LogP contribution < -0.4 is 5.32 Å². The molecule has 1 amide bonds. The highest BCUT2D eigenvalue weighted by molar-refractivity contribution is 5.88. The number of unbranched alkanes of at least 4 members (excludes halogenated alkanes) is 8. The minimum Gasteiger partial charge on any atom is -0.394 e. The van der Waals surface area contributed by atoms with E-state index in [9.17, 15) is 35.1 Å². The Balaban J connectivity index is 2.53. The number of nitrogens with one attached hydrogen (secondary N) is 1. The van der Waals surface area contributed by atoms with E-state index in [-0.39, 0.29) is 0 Å². The highest BCUT2D eigenvalue weighted by atomic mass is 16.7. The number of hydrogen-bond acceptors (Lipinski definition) is 8. The van der Waals surface area contributed by atoms with Crippen LogP contribution in [0.3, 0.4) is 0 Å². The summed E-state index contributed by atoms with van der Waals surface area (Å²) < 4.78 is 5.20. The number of ketones is 1. The minimum atomic E-state index is -2.67. The van der Waals surface area contributed by atoms with Crippen LogP contribution in [0, 0.1) is 0 Å². The fraction of sp³-hybridized carbons (Fsp3) is 0.909. The van der Waals surface area contributed by atoms with Crippen LogP contribution in [-0.4, -0.2) is 80.1 Å². The maximum absolute atomic E-state index is 12.7. The molecule has 6 N–H and O–H groups in total. The summed E-state index contributed by atoms with van der Waals surface area (Å²) in [6.45, 7) is 2.56. The number of carbonyl (C=O) groups excluding carboxylic acids is 2. The Morgan fingerprint density at radius 3 is 2.06 bits per heavy atom. The van der Waals surface area contributed by atoms with Crippen LogP contribution in [0.25, 0.3) is 0 Å². The van der Waals surface area contributed by atoms with Gasteiger partial charge in [0.2, 0.25) is 5.91 Å². The Kier molecular flexibility index (Phi) is 12.7. The first-order valence-electron chi connectivity index (χ1n) is 11.5. The van der Waals surface area contributed by atoms with Crippen LogP contribution in [0.4, 0.5) is 0 Å². The van der Waals surface area contributed by atoms with Gasteiger partial charge in [-0.1, -0.05) is 64.7 Å². The van der Waals surface area contributed by atoms with Gasteiger partial charge in [-0.25, -0.2) is 0 Å². The second-order valence-electron chi connectivity index (χ2n) is 8.59. The van der Waals surface area contributed by atoms with Gasteiger partial charge >= 0.3 is 0 Å². The van der Waals surface area contributed by atoms with E-state index >= 15 is 0 Å². The number of rotatable bonds is 15. The largest absolute Gasteiger partial charge is 0.394 e. The van der Waals surface area contributed by atoms with Crippen molar-refractivity contribution in [3.63, 3.8) is 0 Å². The van der Waals surface area contributed by atoms with E-state index in [1.54, 1.807) is 0 Å². The fourth-order valence-corrected chi connectivity index (χ4v) is 3.96. The number of hydrogen-bond donors (Lipinski definition) is 6. The molecule has 0 aromatic heterocycles. The lowest BCUT2D eigenvalue weighted by atomic mass is 9.86. The molecule has 0 radical (unpaired) electrons. The van der Waals surface area contributed by atoms with Crippen molar-refractivity contribution in [3.8, 4) is 0 Å². The van der Waals surface area contributed by atoms with Gasteiger partial charge in [-0.15, -0.1) is 0 Å². The number of ether oxygens (including phenoxy) is 1. The van der Waals surface area contributed by atoms with Crippen LogP contribution in [0.5, 0.6) is 0 Å². The molecule has 31 heavy (non-hydrogen) atoms. The van der Waals surface area contributed by atoms with Gasteiger partial charge in [0.1, 0.15) is 24.4 Å². The first-order chi connectivity index (χ1) is 14.7. The molecule has 9 heteroatoms. The Morgan fingerprint density at radius 1 is 1.00 bits per heavy atom. The van der Waals surface area contributed by atoms with Crippen LogP contribution in [0.2, 0.25) is 0 Å². The molecule has 1 fully saturated rings. The highest BCUT2D eigenvalue weighted by Crippen LogP contribution is 2.30. The summed E-state index contributed by atoms with van der Waals surface area (Å²) in [6.07, 6.45) is 4.25. The second kappa shape index (κ2) is 14.1. The zero-order valence-electron chi connectivity index (χ0n) is 18.8. The van der Waals surface area contributed by atoms with E-state index in [1.807, 2.05) is 0 Å². The molecular formula is C22H41NO8. The van der Waals surface area contributed by atoms with Crippen LogP contribution in [-0.2, 0) is 14.3 Å². The average molecular weight is 448 g/mol. The van der Waals surface area contributed by atoms with Gasteiger partial charge in [-0.05, 0) is 6.42 Å². The Labute approximate surface area is 184 Å².